The lowest BCUT2D eigenvalue weighted by molar-refractivity contribution is 0.220. The number of pyridine rings is 1. The van der Waals surface area contributed by atoms with E-state index in [1.807, 2.05) is 30.3 Å². The van der Waals surface area contributed by atoms with Gasteiger partial charge in [0.15, 0.2) is 11.6 Å². The Morgan fingerprint density at radius 2 is 1.93 bits per heavy atom. The molecule has 3 aromatic carbocycles. The first kappa shape index (κ1) is 26.2. The molecule has 3 saturated heterocycles. The molecule has 4 fully saturated rings. The van der Waals surface area contributed by atoms with Gasteiger partial charge in [0, 0.05) is 49.1 Å². The zero-order valence-corrected chi connectivity index (χ0v) is 24.4. The van der Waals surface area contributed by atoms with E-state index in [-0.39, 0.29) is 27.9 Å². The number of fused-ring (bicyclic) bond motifs is 5. The summed E-state index contributed by atoms with van der Waals surface area (Å²) in [4.78, 5) is 14.6. The highest BCUT2D eigenvalue weighted by molar-refractivity contribution is 6.35. The molecule has 0 amide bonds. The highest BCUT2D eigenvalue weighted by atomic mass is 35.5. The van der Waals surface area contributed by atoms with E-state index in [1.54, 1.807) is 12.1 Å². The molecule has 1 saturated carbocycles. The number of nitrogens with two attached hydrogens (primary N) is 1. The smallest absolute Gasteiger partial charge is 0.158 e. The number of anilines is 1. The Balaban J connectivity index is 1.43. The molecule has 42 heavy (non-hydrogen) atoms. The van der Waals surface area contributed by atoms with Crippen LogP contribution in [0, 0.1) is 11.7 Å². The first-order chi connectivity index (χ1) is 20.3. The molecule has 10 heteroatoms. The molecule has 3 unspecified atom stereocenters. The van der Waals surface area contributed by atoms with E-state index < -0.39 is 5.82 Å². The third-order valence-electron chi connectivity index (χ3n) is 9.63. The molecule has 4 aliphatic rings. The van der Waals surface area contributed by atoms with Crippen molar-refractivity contribution in [3.05, 3.63) is 59.1 Å². The normalized spacial score (nSPS) is 22.0. The van der Waals surface area contributed by atoms with Crippen molar-refractivity contribution < 1.29 is 9.50 Å². The van der Waals surface area contributed by atoms with Gasteiger partial charge >= 0.3 is 0 Å². The Morgan fingerprint density at radius 1 is 1.12 bits per heavy atom. The van der Waals surface area contributed by atoms with Crippen molar-refractivity contribution in [3.8, 4) is 16.9 Å². The third kappa shape index (κ3) is 3.70. The Morgan fingerprint density at radius 3 is 2.64 bits per heavy atom. The van der Waals surface area contributed by atoms with Crippen molar-refractivity contribution in [1.29, 1.82) is 0 Å². The van der Waals surface area contributed by atoms with Crippen LogP contribution in [0.1, 0.15) is 18.3 Å². The second-order valence-corrected chi connectivity index (χ2v) is 12.7. The number of hydrogen-bond acceptors (Lipinski definition) is 7. The molecule has 2 aromatic heterocycles. The van der Waals surface area contributed by atoms with Gasteiger partial charge in [-0.2, -0.15) is 0 Å². The Bertz CT molecular complexity index is 1890. The van der Waals surface area contributed by atoms with Crippen LogP contribution in [0.3, 0.4) is 0 Å². The van der Waals surface area contributed by atoms with E-state index in [1.165, 1.54) is 0 Å². The quantitative estimate of drug-likeness (QED) is 0.266. The molecule has 2 bridgehead atoms. The van der Waals surface area contributed by atoms with Gasteiger partial charge in [0.1, 0.15) is 22.6 Å². The standard InChI is InChI=1S/C32H33ClFN7O/c1-39(2)18-14-40(15-18)32-29-31(41(25(37-29)7-8-35)30-17-10-24(30)36-13-17)22-12-23(33)26(27(34)28(22)38-32)21-11-19(42)9-16-5-3-4-6-20(16)21/h3-6,9,11-12,17-18,24,30,36,42H,7-8,10,13-15,35H2,1-2H3. The van der Waals surface area contributed by atoms with Crippen molar-refractivity contribution in [2.45, 2.75) is 31.0 Å². The lowest BCUT2D eigenvalue weighted by Gasteiger charge is -2.43. The van der Waals surface area contributed by atoms with Crippen LogP contribution in [-0.2, 0) is 6.42 Å². The number of imidazole rings is 1. The average molecular weight is 586 g/mol. The van der Waals surface area contributed by atoms with Crippen LogP contribution in [0.15, 0.2) is 42.5 Å². The fraction of sp³-hybridized carbons (Fsp3) is 0.375. The van der Waals surface area contributed by atoms with Gasteiger partial charge in [-0.25, -0.2) is 14.4 Å². The Kier molecular flexibility index (Phi) is 5.92. The Hall–Kier alpha value is -3.50. The minimum absolute atomic E-state index is 0.0520. The number of nitrogens with one attached hydrogen (secondary N) is 1. The summed E-state index contributed by atoms with van der Waals surface area (Å²) in [5, 5.41) is 16.7. The first-order valence-electron chi connectivity index (χ1n) is 14.6. The van der Waals surface area contributed by atoms with Crippen molar-refractivity contribution in [2.24, 2.45) is 11.7 Å². The summed E-state index contributed by atoms with van der Waals surface area (Å²) in [6.07, 6.45) is 1.75. The lowest BCUT2D eigenvalue weighted by atomic mass is 9.79. The van der Waals surface area contributed by atoms with E-state index in [9.17, 15) is 5.11 Å². The number of halogens is 2. The number of aromatic nitrogens is 3. The van der Waals surface area contributed by atoms with Gasteiger partial charge in [-0.1, -0.05) is 35.9 Å². The highest BCUT2D eigenvalue weighted by Gasteiger charge is 2.49. The zero-order chi connectivity index (χ0) is 28.9. The molecule has 5 heterocycles. The number of hydrogen-bond donors (Lipinski definition) is 3. The molecule has 0 radical (unpaired) electrons. The predicted molar refractivity (Wildman–Crippen MR) is 166 cm³/mol. The topological polar surface area (TPSA) is 95.5 Å². The zero-order valence-electron chi connectivity index (χ0n) is 23.6. The number of benzene rings is 3. The van der Waals surface area contributed by atoms with Crippen molar-refractivity contribution in [2.75, 3.05) is 45.2 Å². The summed E-state index contributed by atoms with van der Waals surface area (Å²) in [6.45, 7) is 3.01. The van der Waals surface area contributed by atoms with Crippen LogP contribution in [-0.4, -0.2) is 76.9 Å². The van der Waals surface area contributed by atoms with E-state index in [0.29, 0.717) is 47.7 Å². The van der Waals surface area contributed by atoms with Crippen LogP contribution in [0.2, 0.25) is 5.02 Å². The van der Waals surface area contributed by atoms with Gasteiger partial charge in [-0.15, -0.1) is 0 Å². The van der Waals surface area contributed by atoms with E-state index in [2.05, 4.69) is 33.8 Å². The van der Waals surface area contributed by atoms with Gasteiger partial charge < -0.3 is 30.5 Å². The molecule has 4 N–H and O–H groups in total. The number of likely N-dealkylation sites (N-methyl/N-ethyl adjacent to an activating group) is 1. The molecule has 3 aliphatic heterocycles. The van der Waals surface area contributed by atoms with Crippen LogP contribution in [0.25, 0.3) is 43.8 Å². The number of phenolic OH excluding ortho intramolecular Hbond substituents is 1. The number of phenols is 1. The average Bonchev–Trinajstić information content (AvgIpc) is 3.65. The van der Waals surface area contributed by atoms with Crippen LogP contribution >= 0.6 is 11.6 Å². The van der Waals surface area contributed by atoms with Gasteiger partial charge in [0.05, 0.1) is 16.6 Å². The summed E-state index contributed by atoms with van der Waals surface area (Å²) in [6, 6.07) is 13.7. The maximum absolute atomic E-state index is 17.0. The molecule has 3 atom stereocenters. The predicted octanol–water partition coefficient (Wildman–Crippen LogP) is 4.69. The monoisotopic (exact) mass is 585 g/mol. The third-order valence-corrected chi connectivity index (χ3v) is 9.93. The van der Waals surface area contributed by atoms with E-state index in [4.69, 9.17) is 27.3 Å². The number of rotatable bonds is 6. The minimum atomic E-state index is -0.496. The van der Waals surface area contributed by atoms with Crippen molar-refractivity contribution in [3.63, 3.8) is 0 Å². The first-order valence-corrected chi connectivity index (χ1v) is 15.0. The second kappa shape index (κ2) is 9.50. The van der Waals surface area contributed by atoms with Crippen molar-refractivity contribution in [1.82, 2.24) is 24.8 Å². The van der Waals surface area contributed by atoms with Gasteiger partial charge in [0.25, 0.3) is 0 Å². The maximum Gasteiger partial charge on any atom is 0.158 e. The van der Waals surface area contributed by atoms with Gasteiger partial charge in [0.2, 0.25) is 0 Å². The summed E-state index contributed by atoms with van der Waals surface area (Å²) in [5.41, 5.74) is 8.78. The minimum Gasteiger partial charge on any atom is -0.508 e. The SMILES string of the molecule is CN(C)C1CN(c2nc3c(F)c(-c4cc(O)cc5ccccc45)c(Cl)cc3c3c2nc(CCN)n3C2C3CNC2C3)C1. The van der Waals surface area contributed by atoms with E-state index >= 15 is 4.39 Å². The number of aromatic hydroxyl groups is 1. The summed E-state index contributed by atoms with van der Waals surface area (Å²) in [5.74, 6) is 1.66. The molecule has 0 spiro atoms. The molecule has 1 aliphatic carbocycles. The number of nitrogens with zero attached hydrogens (tertiary/aromatic N) is 5. The lowest BCUT2D eigenvalue weighted by Crippen LogP contribution is -2.57. The van der Waals surface area contributed by atoms with Crippen LogP contribution < -0.4 is 16.0 Å². The largest absolute Gasteiger partial charge is 0.508 e. The molecule has 216 valence electrons. The van der Waals surface area contributed by atoms with Crippen molar-refractivity contribution >= 4 is 50.1 Å². The van der Waals surface area contributed by atoms with Gasteiger partial charge in [-0.3, -0.25) is 0 Å². The summed E-state index contributed by atoms with van der Waals surface area (Å²) >= 11 is 6.98. The Labute approximate surface area is 247 Å². The summed E-state index contributed by atoms with van der Waals surface area (Å²) < 4.78 is 19.3. The molecular formula is C32H33ClFN7O. The van der Waals surface area contributed by atoms with Crippen LogP contribution in [0.5, 0.6) is 5.75 Å². The molecular weight excluding hydrogens is 553 g/mol. The second-order valence-electron chi connectivity index (χ2n) is 12.3. The highest BCUT2D eigenvalue weighted by Crippen LogP contribution is 2.49. The maximum atomic E-state index is 17.0. The molecule has 8 nitrogen and oxygen atoms in total. The van der Waals surface area contributed by atoms with E-state index in [0.717, 1.165) is 53.7 Å². The molecule has 9 rings (SSSR count). The molecule has 5 aromatic rings. The fourth-order valence-electron chi connectivity index (χ4n) is 7.34. The van der Waals surface area contributed by atoms with Crippen LogP contribution in [0.4, 0.5) is 10.2 Å². The fourth-order valence-corrected chi connectivity index (χ4v) is 7.63. The summed E-state index contributed by atoms with van der Waals surface area (Å²) in [7, 11) is 4.15. The van der Waals surface area contributed by atoms with Gasteiger partial charge in [-0.05, 0) is 67.5 Å².